The van der Waals surface area contributed by atoms with Crippen molar-refractivity contribution in [1.82, 2.24) is 4.90 Å². The van der Waals surface area contributed by atoms with Gasteiger partial charge >= 0.3 is 6.09 Å². The normalized spacial score (nSPS) is 23.0. The molecule has 0 unspecified atom stereocenters. The molecule has 2 aromatic rings. The molecule has 2 bridgehead atoms. The summed E-state index contributed by atoms with van der Waals surface area (Å²) < 4.78 is 6.01. The lowest BCUT2D eigenvalue weighted by Gasteiger charge is -2.47. The number of unbranched alkanes of at least 4 members (excludes halogenated alkanes) is 1. The molecule has 29 heavy (non-hydrogen) atoms. The number of rotatable bonds is 7. The van der Waals surface area contributed by atoms with Crippen LogP contribution in [0.15, 0.2) is 48.5 Å². The zero-order valence-corrected chi connectivity index (χ0v) is 17.0. The number of ether oxygens (including phenoxy) is 1. The molecule has 0 saturated carbocycles. The number of anilines is 1. The molecule has 3 fully saturated rings. The molecule has 0 aromatic heterocycles. The molecule has 0 radical (unpaired) electrons. The van der Waals surface area contributed by atoms with Crippen molar-refractivity contribution in [3.05, 3.63) is 54.1 Å². The summed E-state index contributed by atoms with van der Waals surface area (Å²) in [6.45, 7) is 3.79. The largest absolute Gasteiger partial charge is 0.443 e. The highest BCUT2D eigenvalue weighted by Gasteiger charge is 2.42. The fourth-order valence-corrected chi connectivity index (χ4v) is 4.47. The molecular weight excluding hydrogens is 362 g/mol. The number of fused-ring (bicyclic) bond motifs is 3. The fraction of sp³-hybridized carbons (Fsp3) is 0.458. The second-order valence-corrected chi connectivity index (χ2v) is 8.28. The van der Waals surface area contributed by atoms with Crippen LogP contribution in [0.3, 0.4) is 0 Å². The van der Waals surface area contributed by atoms with Gasteiger partial charge in [0.15, 0.2) is 0 Å². The third-order valence-electron chi connectivity index (χ3n) is 6.29. The lowest BCUT2D eigenvalue weighted by atomic mass is 9.83. The van der Waals surface area contributed by atoms with E-state index in [0.717, 1.165) is 75.0 Å². The van der Waals surface area contributed by atoms with Crippen LogP contribution in [0, 0.1) is 0 Å². The number of nitrogens with zero attached hydrogens (tertiary/aromatic N) is 1. The maximum Gasteiger partial charge on any atom is 0.412 e. The van der Waals surface area contributed by atoms with Crippen molar-refractivity contribution < 1.29 is 9.53 Å². The van der Waals surface area contributed by atoms with Crippen LogP contribution in [0.2, 0.25) is 0 Å². The molecule has 5 heteroatoms. The number of piperidine rings is 3. The van der Waals surface area contributed by atoms with Crippen LogP contribution in [-0.2, 0) is 11.2 Å². The second-order valence-electron chi connectivity index (χ2n) is 8.28. The Morgan fingerprint density at radius 2 is 1.76 bits per heavy atom. The zero-order chi connectivity index (χ0) is 20.1. The summed E-state index contributed by atoms with van der Waals surface area (Å²) in [5.41, 5.74) is 9.46. The summed E-state index contributed by atoms with van der Waals surface area (Å²) in [7, 11) is 0. The van der Waals surface area contributed by atoms with Gasteiger partial charge in [-0.25, -0.2) is 4.79 Å². The van der Waals surface area contributed by atoms with E-state index >= 15 is 0 Å². The zero-order valence-electron chi connectivity index (χ0n) is 17.0. The fourth-order valence-electron chi connectivity index (χ4n) is 4.47. The van der Waals surface area contributed by atoms with E-state index in [1.54, 1.807) is 0 Å². The van der Waals surface area contributed by atoms with Crippen LogP contribution in [0.25, 0.3) is 11.1 Å². The van der Waals surface area contributed by atoms with Crippen molar-refractivity contribution in [1.29, 1.82) is 0 Å². The Hall–Kier alpha value is -2.37. The van der Waals surface area contributed by atoms with Crippen molar-refractivity contribution in [2.75, 3.05) is 31.5 Å². The average Bonchev–Trinajstić information content (AvgIpc) is 2.75. The van der Waals surface area contributed by atoms with Crippen LogP contribution in [-0.4, -0.2) is 42.8 Å². The molecule has 154 valence electrons. The molecule has 3 saturated heterocycles. The number of carbonyl (C=O) groups excluding carboxylic acids is 1. The first-order valence-corrected chi connectivity index (χ1v) is 10.8. The Kier molecular flexibility index (Phi) is 6.16. The van der Waals surface area contributed by atoms with Gasteiger partial charge < -0.3 is 15.4 Å². The first-order valence-electron chi connectivity index (χ1n) is 10.8. The molecule has 2 aromatic carbocycles. The molecule has 3 aliphatic rings. The van der Waals surface area contributed by atoms with Crippen molar-refractivity contribution in [2.24, 2.45) is 5.73 Å². The Bertz CT molecular complexity index is 815. The molecule has 3 aliphatic heterocycles. The lowest BCUT2D eigenvalue weighted by Crippen LogP contribution is -2.54. The van der Waals surface area contributed by atoms with E-state index < -0.39 is 0 Å². The number of hydrogen-bond acceptors (Lipinski definition) is 4. The first-order chi connectivity index (χ1) is 14.2. The maximum absolute atomic E-state index is 12.9. The van der Waals surface area contributed by atoms with Gasteiger partial charge in [-0.3, -0.25) is 5.32 Å². The molecule has 1 amide bonds. The van der Waals surface area contributed by atoms with E-state index in [1.807, 2.05) is 18.2 Å². The van der Waals surface area contributed by atoms with Gasteiger partial charge in [-0.05, 0) is 43.0 Å². The van der Waals surface area contributed by atoms with Crippen molar-refractivity contribution >= 4 is 11.8 Å². The van der Waals surface area contributed by atoms with Crippen LogP contribution >= 0.6 is 0 Å². The van der Waals surface area contributed by atoms with E-state index in [9.17, 15) is 4.79 Å². The number of amides is 1. The van der Waals surface area contributed by atoms with Crippen LogP contribution in [0.5, 0.6) is 0 Å². The number of carbonyl (C=O) groups is 1. The highest BCUT2D eigenvalue weighted by molar-refractivity contribution is 5.92. The first kappa shape index (κ1) is 19.9. The van der Waals surface area contributed by atoms with Crippen LogP contribution < -0.4 is 11.1 Å². The number of benzene rings is 2. The van der Waals surface area contributed by atoms with Crippen LogP contribution in [0.4, 0.5) is 10.5 Å². The summed E-state index contributed by atoms with van der Waals surface area (Å²) in [6, 6.07) is 16.5. The molecule has 0 atom stereocenters. The highest BCUT2D eigenvalue weighted by Crippen LogP contribution is 2.36. The molecule has 3 N–H and O–H groups in total. The summed E-state index contributed by atoms with van der Waals surface area (Å²) in [6.07, 6.45) is 5.48. The Labute approximate surface area is 173 Å². The Morgan fingerprint density at radius 3 is 2.45 bits per heavy atom. The third kappa shape index (κ3) is 4.80. The van der Waals surface area contributed by atoms with Gasteiger partial charge in [0.2, 0.25) is 0 Å². The second kappa shape index (κ2) is 8.97. The average molecular weight is 394 g/mol. The maximum atomic E-state index is 12.9. The summed E-state index contributed by atoms with van der Waals surface area (Å²) in [5, 5.41) is 3.06. The minimum Gasteiger partial charge on any atom is -0.443 e. The number of hydrogen-bond donors (Lipinski definition) is 2. The van der Waals surface area contributed by atoms with Crippen molar-refractivity contribution in [3.8, 4) is 11.1 Å². The SMILES string of the molecule is NCCCCc1ccc(-c2ccccc2)c(NC(=O)OC23CCN(CC2)CC3)c1. The Morgan fingerprint density at radius 1 is 1.03 bits per heavy atom. The predicted octanol–water partition coefficient (Wildman–Crippen LogP) is 4.42. The molecular formula is C24H31N3O2. The van der Waals surface area contributed by atoms with Crippen molar-refractivity contribution in [2.45, 2.75) is 44.1 Å². The number of nitrogens with one attached hydrogen (secondary N) is 1. The van der Waals surface area contributed by atoms with Gasteiger partial charge in [0.1, 0.15) is 5.60 Å². The summed E-state index contributed by atoms with van der Waals surface area (Å²) in [5.74, 6) is 0. The highest BCUT2D eigenvalue weighted by atomic mass is 16.6. The quantitative estimate of drug-likeness (QED) is 0.683. The van der Waals surface area contributed by atoms with Gasteiger partial charge in [0.05, 0.1) is 5.69 Å². The van der Waals surface area contributed by atoms with E-state index in [2.05, 4.69) is 40.5 Å². The predicted molar refractivity (Wildman–Crippen MR) is 117 cm³/mol. The standard InChI is InChI=1S/C24H31N3O2/c25-14-5-4-6-19-9-10-21(20-7-2-1-3-8-20)22(18-19)26-23(28)29-24-11-15-27(16-12-24)17-13-24/h1-3,7-10,18H,4-6,11-17,25H2,(H,26,28). The van der Waals surface area contributed by atoms with Gasteiger partial charge in [-0.15, -0.1) is 0 Å². The van der Waals surface area contributed by atoms with Gasteiger partial charge in [0.25, 0.3) is 0 Å². The van der Waals surface area contributed by atoms with E-state index in [0.29, 0.717) is 6.54 Å². The van der Waals surface area contributed by atoms with Gasteiger partial charge in [-0.2, -0.15) is 0 Å². The molecule has 5 rings (SSSR count). The van der Waals surface area contributed by atoms with Crippen LogP contribution in [0.1, 0.15) is 37.7 Å². The third-order valence-corrected chi connectivity index (χ3v) is 6.29. The lowest BCUT2D eigenvalue weighted by molar-refractivity contribution is -0.0742. The monoisotopic (exact) mass is 393 g/mol. The van der Waals surface area contributed by atoms with E-state index in [4.69, 9.17) is 10.5 Å². The van der Waals surface area contributed by atoms with Crippen molar-refractivity contribution in [3.63, 3.8) is 0 Å². The Balaban J connectivity index is 1.53. The van der Waals surface area contributed by atoms with Gasteiger partial charge in [-0.1, -0.05) is 42.5 Å². The molecule has 3 heterocycles. The summed E-state index contributed by atoms with van der Waals surface area (Å²) in [4.78, 5) is 15.3. The van der Waals surface area contributed by atoms with E-state index in [1.165, 1.54) is 5.56 Å². The van der Waals surface area contributed by atoms with E-state index in [-0.39, 0.29) is 11.7 Å². The number of nitrogens with two attached hydrogens (primary N) is 1. The molecule has 0 aliphatic carbocycles. The summed E-state index contributed by atoms with van der Waals surface area (Å²) >= 11 is 0. The smallest absolute Gasteiger partial charge is 0.412 e. The minimum atomic E-state index is -0.336. The topological polar surface area (TPSA) is 67.6 Å². The van der Waals surface area contributed by atoms with Gasteiger partial charge in [0, 0.05) is 44.5 Å². The molecule has 0 spiro atoms. The number of aryl methyl sites for hydroxylation is 1. The minimum absolute atomic E-state index is 0.287. The molecule has 5 nitrogen and oxygen atoms in total.